The first kappa shape index (κ1) is 18.5. The van der Waals surface area contributed by atoms with Gasteiger partial charge in [-0.3, -0.25) is 4.98 Å². The van der Waals surface area contributed by atoms with Crippen LogP contribution in [-0.4, -0.2) is 54.6 Å². The Kier molecular flexibility index (Phi) is 5.50. The van der Waals surface area contributed by atoms with Crippen LogP contribution < -0.4 is 15.4 Å². The topological polar surface area (TPSA) is 81.7 Å². The van der Waals surface area contributed by atoms with Crippen LogP contribution in [0.5, 0.6) is 5.75 Å². The van der Waals surface area contributed by atoms with E-state index in [9.17, 15) is 4.79 Å². The van der Waals surface area contributed by atoms with Gasteiger partial charge in [-0.25, -0.2) is 4.79 Å². The molecule has 2 saturated heterocycles. The molecule has 3 fully saturated rings. The molecule has 0 spiro atoms. The van der Waals surface area contributed by atoms with E-state index in [1.165, 1.54) is 12.8 Å². The lowest BCUT2D eigenvalue weighted by atomic mass is 9.87. The summed E-state index contributed by atoms with van der Waals surface area (Å²) in [5, 5.41) is 6.14. The third-order valence-corrected chi connectivity index (χ3v) is 5.91. The Balaban J connectivity index is 1.28. The number of hydrogen-bond donors (Lipinski definition) is 2. The van der Waals surface area contributed by atoms with Crippen LogP contribution in [0.25, 0.3) is 0 Å². The van der Waals surface area contributed by atoms with Crippen LogP contribution in [-0.2, 0) is 9.47 Å². The van der Waals surface area contributed by atoms with Gasteiger partial charge in [0.1, 0.15) is 18.0 Å². The molecular formula is C20H29N3O4. The highest BCUT2D eigenvalue weighted by molar-refractivity contribution is 5.74. The fourth-order valence-corrected chi connectivity index (χ4v) is 4.25. The van der Waals surface area contributed by atoms with Gasteiger partial charge in [0, 0.05) is 12.2 Å². The van der Waals surface area contributed by atoms with Gasteiger partial charge < -0.3 is 24.8 Å². The lowest BCUT2D eigenvalue weighted by molar-refractivity contribution is 0.0299. The Morgan fingerprint density at radius 3 is 2.70 bits per heavy atom. The smallest absolute Gasteiger partial charge is 0.315 e. The van der Waals surface area contributed by atoms with Crippen molar-refractivity contribution in [3.05, 3.63) is 24.0 Å². The van der Waals surface area contributed by atoms with Crippen LogP contribution in [0.4, 0.5) is 4.79 Å². The Hall–Kier alpha value is -1.86. The molecule has 1 aliphatic carbocycles. The zero-order valence-corrected chi connectivity index (χ0v) is 16.0. The van der Waals surface area contributed by atoms with Crippen LogP contribution >= 0.6 is 0 Å². The average Bonchev–Trinajstić information content (AvgIpc) is 3.23. The maximum Gasteiger partial charge on any atom is 0.315 e. The summed E-state index contributed by atoms with van der Waals surface area (Å²) in [5.41, 5.74) is 0.842. The van der Waals surface area contributed by atoms with Gasteiger partial charge in [0.25, 0.3) is 0 Å². The lowest BCUT2D eigenvalue weighted by Crippen LogP contribution is -2.51. The summed E-state index contributed by atoms with van der Waals surface area (Å²) in [5.74, 6) is 1.51. The Morgan fingerprint density at radius 1 is 1.15 bits per heavy atom. The van der Waals surface area contributed by atoms with Crippen molar-refractivity contribution < 1.29 is 19.0 Å². The molecule has 3 heterocycles. The number of rotatable bonds is 4. The molecule has 2 N–H and O–H groups in total. The fourth-order valence-electron chi connectivity index (χ4n) is 4.25. The van der Waals surface area contributed by atoms with Gasteiger partial charge in [-0.1, -0.05) is 6.92 Å². The van der Waals surface area contributed by atoms with E-state index in [1.54, 1.807) is 6.20 Å². The van der Waals surface area contributed by atoms with Gasteiger partial charge >= 0.3 is 6.03 Å². The van der Waals surface area contributed by atoms with Crippen molar-refractivity contribution in [1.29, 1.82) is 0 Å². The quantitative estimate of drug-likeness (QED) is 0.843. The zero-order valence-electron chi connectivity index (χ0n) is 16.0. The van der Waals surface area contributed by atoms with Gasteiger partial charge in [0.15, 0.2) is 6.10 Å². The van der Waals surface area contributed by atoms with E-state index in [1.807, 2.05) is 19.1 Å². The molecule has 7 heteroatoms. The molecular weight excluding hydrogens is 346 g/mol. The largest absolute Gasteiger partial charge is 0.483 e. The van der Waals surface area contributed by atoms with E-state index in [4.69, 9.17) is 14.2 Å². The van der Waals surface area contributed by atoms with Gasteiger partial charge in [0.05, 0.1) is 24.9 Å². The fraction of sp³-hybridized carbons (Fsp3) is 0.700. The molecule has 2 amide bonds. The van der Waals surface area contributed by atoms with E-state index in [0.717, 1.165) is 30.2 Å². The van der Waals surface area contributed by atoms with Crippen LogP contribution in [0.1, 0.15) is 38.3 Å². The summed E-state index contributed by atoms with van der Waals surface area (Å²) in [6.07, 6.45) is 5.67. The molecule has 0 radical (unpaired) electrons. The molecule has 1 saturated carbocycles. The summed E-state index contributed by atoms with van der Waals surface area (Å²) in [4.78, 5) is 16.6. The molecule has 4 atom stereocenters. The maximum absolute atomic E-state index is 12.4. The number of pyridine rings is 1. The molecule has 148 valence electrons. The lowest BCUT2D eigenvalue weighted by Gasteiger charge is -2.27. The van der Waals surface area contributed by atoms with E-state index < -0.39 is 0 Å². The standard InChI is InChI=1S/C20H29N3O4/c1-12-5-7-14(8-6-12)22-20(24)23-15-10-25-19-17(11-26-18(15)19)27-16-4-3-9-21-13(16)2/h3-4,9,12,14-15,17-19H,5-8,10-11H2,1-2H3,(H2,22,23,24)/t12-,14+,15-,17-,18+,19+/m0/s1. The highest BCUT2D eigenvalue weighted by atomic mass is 16.6. The number of hydrogen-bond acceptors (Lipinski definition) is 5. The van der Waals surface area contributed by atoms with Crippen molar-refractivity contribution >= 4 is 6.03 Å². The second-order valence-electron chi connectivity index (χ2n) is 8.02. The maximum atomic E-state index is 12.4. The Morgan fingerprint density at radius 2 is 1.93 bits per heavy atom. The first-order chi connectivity index (χ1) is 13.1. The van der Waals surface area contributed by atoms with Crippen molar-refractivity contribution in [3.8, 4) is 5.75 Å². The van der Waals surface area contributed by atoms with Crippen LogP contribution in [0, 0.1) is 12.8 Å². The number of carbonyl (C=O) groups is 1. The summed E-state index contributed by atoms with van der Waals surface area (Å²) in [7, 11) is 0. The van der Waals surface area contributed by atoms with Crippen molar-refractivity contribution in [2.45, 2.75) is 69.9 Å². The van der Waals surface area contributed by atoms with Crippen molar-refractivity contribution in [1.82, 2.24) is 15.6 Å². The predicted molar refractivity (Wildman–Crippen MR) is 99.7 cm³/mol. The number of carbonyl (C=O) groups excluding carboxylic acids is 1. The minimum absolute atomic E-state index is 0.125. The molecule has 1 aromatic rings. The first-order valence-electron chi connectivity index (χ1n) is 9.98. The molecule has 27 heavy (non-hydrogen) atoms. The SMILES string of the molecule is Cc1ncccc1O[C@H]1CO[C@H]2[C@@H]1OC[C@@H]2NC(=O)N[C@H]1CC[C@@H](C)CC1. The van der Waals surface area contributed by atoms with E-state index in [-0.39, 0.29) is 36.4 Å². The van der Waals surface area contributed by atoms with Gasteiger partial charge in [-0.2, -0.15) is 0 Å². The number of aromatic nitrogens is 1. The third kappa shape index (κ3) is 4.19. The van der Waals surface area contributed by atoms with Crippen LogP contribution in [0.3, 0.4) is 0 Å². The Bertz CT molecular complexity index is 662. The minimum atomic E-state index is -0.187. The second-order valence-corrected chi connectivity index (χ2v) is 8.02. The van der Waals surface area contributed by atoms with E-state index in [2.05, 4.69) is 22.5 Å². The number of urea groups is 1. The first-order valence-corrected chi connectivity index (χ1v) is 9.98. The number of amides is 2. The van der Waals surface area contributed by atoms with E-state index >= 15 is 0 Å². The van der Waals surface area contributed by atoms with E-state index in [0.29, 0.717) is 13.2 Å². The summed E-state index contributed by atoms with van der Waals surface area (Å²) in [6.45, 7) is 5.08. The number of fused-ring (bicyclic) bond motifs is 1. The number of aryl methyl sites for hydroxylation is 1. The van der Waals surface area contributed by atoms with Gasteiger partial charge in [-0.05, 0) is 50.7 Å². The van der Waals surface area contributed by atoms with Gasteiger partial charge in [-0.15, -0.1) is 0 Å². The molecule has 0 bridgehead atoms. The van der Waals surface area contributed by atoms with Gasteiger partial charge in [0.2, 0.25) is 0 Å². The molecule has 3 aliphatic rings. The Labute approximate surface area is 160 Å². The normalized spacial score (nSPS) is 35.5. The minimum Gasteiger partial charge on any atom is -0.483 e. The number of ether oxygens (including phenoxy) is 3. The monoisotopic (exact) mass is 375 g/mol. The summed E-state index contributed by atoms with van der Waals surface area (Å²) >= 11 is 0. The summed E-state index contributed by atoms with van der Waals surface area (Å²) < 4.78 is 17.9. The van der Waals surface area contributed by atoms with Crippen LogP contribution in [0.15, 0.2) is 18.3 Å². The predicted octanol–water partition coefficient (Wildman–Crippen LogP) is 2.18. The molecule has 0 unspecified atom stereocenters. The number of nitrogens with one attached hydrogen (secondary N) is 2. The second kappa shape index (κ2) is 8.02. The van der Waals surface area contributed by atoms with Crippen molar-refractivity contribution in [3.63, 3.8) is 0 Å². The molecule has 0 aromatic carbocycles. The highest BCUT2D eigenvalue weighted by Gasteiger charge is 2.49. The molecule has 7 nitrogen and oxygen atoms in total. The highest BCUT2D eigenvalue weighted by Crippen LogP contribution is 2.30. The number of nitrogens with zero attached hydrogens (tertiary/aromatic N) is 1. The van der Waals surface area contributed by atoms with Crippen molar-refractivity contribution in [2.24, 2.45) is 5.92 Å². The third-order valence-electron chi connectivity index (χ3n) is 5.91. The summed E-state index contributed by atoms with van der Waals surface area (Å²) in [6, 6.07) is 3.75. The van der Waals surface area contributed by atoms with Crippen molar-refractivity contribution in [2.75, 3.05) is 13.2 Å². The molecule has 4 rings (SSSR count). The van der Waals surface area contributed by atoms with Crippen LogP contribution in [0.2, 0.25) is 0 Å². The average molecular weight is 375 g/mol. The zero-order chi connectivity index (χ0) is 18.8. The molecule has 1 aromatic heterocycles. The molecule has 2 aliphatic heterocycles.